The number of nitrogens with one attached hydrogen (secondary N) is 1. The Kier molecular flexibility index (Phi) is 5.26. The van der Waals surface area contributed by atoms with Gasteiger partial charge < -0.3 is 14.8 Å². The molecule has 1 unspecified atom stereocenters. The van der Waals surface area contributed by atoms with Crippen LogP contribution < -0.4 is 14.8 Å². The van der Waals surface area contributed by atoms with Crippen molar-refractivity contribution in [1.82, 2.24) is 5.32 Å². The third kappa shape index (κ3) is 4.52. The Bertz CT molecular complexity index is 521. The summed E-state index contributed by atoms with van der Waals surface area (Å²) < 4.78 is 10.8. The monoisotopic (exact) mass is 289 g/mol. The first-order valence-electron chi connectivity index (χ1n) is 7.43. The summed E-state index contributed by atoms with van der Waals surface area (Å²) in [5.41, 5.74) is 0.911. The third-order valence-electron chi connectivity index (χ3n) is 3.61. The number of carbonyl (C=O) groups excluding carboxylic acids is 1. The summed E-state index contributed by atoms with van der Waals surface area (Å²) in [6.45, 7) is 4.56. The van der Waals surface area contributed by atoms with Crippen molar-refractivity contribution in [2.24, 2.45) is 5.92 Å². The van der Waals surface area contributed by atoms with Gasteiger partial charge in [-0.3, -0.25) is 4.79 Å². The highest BCUT2D eigenvalue weighted by Crippen LogP contribution is 2.32. The summed E-state index contributed by atoms with van der Waals surface area (Å²) in [5, 5.41) is 2.99. The predicted molar refractivity (Wildman–Crippen MR) is 83.5 cm³/mol. The van der Waals surface area contributed by atoms with Gasteiger partial charge in [-0.1, -0.05) is 6.07 Å². The molecule has 4 heteroatoms. The van der Waals surface area contributed by atoms with Crippen LogP contribution in [0, 0.1) is 5.92 Å². The van der Waals surface area contributed by atoms with Crippen LogP contribution in [0.15, 0.2) is 24.3 Å². The number of carbonyl (C=O) groups is 1. The fourth-order valence-electron chi connectivity index (χ4n) is 2.22. The lowest BCUT2D eigenvalue weighted by molar-refractivity contribution is -0.117. The number of ether oxygens (including phenoxy) is 2. The number of rotatable bonds is 7. The molecule has 4 nitrogen and oxygen atoms in total. The topological polar surface area (TPSA) is 47.6 Å². The molecule has 0 bridgehead atoms. The van der Waals surface area contributed by atoms with Crippen LogP contribution in [-0.4, -0.2) is 25.7 Å². The summed E-state index contributed by atoms with van der Waals surface area (Å²) in [4.78, 5) is 11.8. The molecule has 2 rings (SSSR count). The number of methoxy groups -OCH3 is 1. The third-order valence-corrected chi connectivity index (χ3v) is 3.61. The quantitative estimate of drug-likeness (QED) is 0.785. The first-order chi connectivity index (χ1) is 10.1. The average Bonchev–Trinajstić information content (AvgIpc) is 3.30. The van der Waals surface area contributed by atoms with E-state index >= 15 is 0 Å². The van der Waals surface area contributed by atoms with Gasteiger partial charge in [-0.15, -0.1) is 0 Å². The second kappa shape index (κ2) is 7.16. The van der Waals surface area contributed by atoms with Crippen molar-refractivity contribution < 1.29 is 14.3 Å². The van der Waals surface area contributed by atoms with Crippen LogP contribution in [-0.2, 0) is 4.79 Å². The van der Waals surface area contributed by atoms with E-state index in [0.717, 1.165) is 5.56 Å². The van der Waals surface area contributed by atoms with Crippen LogP contribution in [0.4, 0.5) is 0 Å². The molecule has 0 spiro atoms. The highest BCUT2D eigenvalue weighted by atomic mass is 16.5. The van der Waals surface area contributed by atoms with Gasteiger partial charge in [0.2, 0.25) is 5.91 Å². The van der Waals surface area contributed by atoms with E-state index in [2.05, 4.69) is 12.2 Å². The molecule has 1 atom stereocenters. The van der Waals surface area contributed by atoms with Crippen LogP contribution in [0.1, 0.15) is 32.3 Å². The molecule has 1 N–H and O–H groups in total. The van der Waals surface area contributed by atoms with Gasteiger partial charge in [0.05, 0.1) is 13.7 Å². The maximum Gasteiger partial charge on any atom is 0.244 e. The molecular weight excluding hydrogens is 266 g/mol. The highest BCUT2D eigenvalue weighted by molar-refractivity contribution is 5.92. The highest BCUT2D eigenvalue weighted by Gasteiger charge is 2.28. The van der Waals surface area contributed by atoms with Gasteiger partial charge in [0.1, 0.15) is 0 Å². The van der Waals surface area contributed by atoms with Crippen molar-refractivity contribution in [1.29, 1.82) is 0 Å². The smallest absolute Gasteiger partial charge is 0.244 e. The normalized spacial score (nSPS) is 15.8. The first kappa shape index (κ1) is 15.4. The van der Waals surface area contributed by atoms with E-state index in [9.17, 15) is 4.79 Å². The molecule has 0 heterocycles. The van der Waals surface area contributed by atoms with E-state index in [0.29, 0.717) is 24.0 Å². The maximum atomic E-state index is 11.8. The summed E-state index contributed by atoms with van der Waals surface area (Å²) in [7, 11) is 1.61. The van der Waals surface area contributed by atoms with Crippen molar-refractivity contribution in [2.45, 2.75) is 32.7 Å². The number of amides is 1. The molecule has 0 saturated heterocycles. The number of hydrogen-bond donors (Lipinski definition) is 1. The Balaban J connectivity index is 1.98. The summed E-state index contributed by atoms with van der Waals surface area (Å²) in [6, 6.07) is 5.87. The molecule has 1 aromatic carbocycles. The molecule has 0 radical (unpaired) electrons. The summed E-state index contributed by atoms with van der Waals surface area (Å²) >= 11 is 0. The van der Waals surface area contributed by atoms with Crippen molar-refractivity contribution in [2.75, 3.05) is 13.7 Å². The molecule has 1 fully saturated rings. The minimum atomic E-state index is -0.0526. The van der Waals surface area contributed by atoms with Crippen molar-refractivity contribution in [3.8, 4) is 11.5 Å². The van der Waals surface area contributed by atoms with Crippen molar-refractivity contribution in [3.63, 3.8) is 0 Å². The fourth-order valence-corrected chi connectivity index (χ4v) is 2.22. The van der Waals surface area contributed by atoms with E-state index in [-0.39, 0.29) is 11.9 Å². The molecule has 1 aromatic rings. The van der Waals surface area contributed by atoms with Crippen LogP contribution in [0.3, 0.4) is 0 Å². The molecule has 0 aromatic heterocycles. The SMILES string of the molecule is CCOc1cc(/C=C/C(=O)NC(C)C2CC2)ccc1OC. The lowest BCUT2D eigenvalue weighted by Gasteiger charge is -2.11. The van der Waals surface area contributed by atoms with E-state index in [1.165, 1.54) is 12.8 Å². The van der Waals surface area contributed by atoms with Gasteiger partial charge >= 0.3 is 0 Å². The van der Waals surface area contributed by atoms with Gasteiger partial charge in [-0.25, -0.2) is 0 Å². The van der Waals surface area contributed by atoms with Gasteiger partial charge in [0.15, 0.2) is 11.5 Å². The lowest BCUT2D eigenvalue weighted by Crippen LogP contribution is -2.32. The minimum Gasteiger partial charge on any atom is -0.493 e. The largest absolute Gasteiger partial charge is 0.493 e. The number of hydrogen-bond acceptors (Lipinski definition) is 3. The van der Waals surface area contributed by atoms with Crippen LogP contribution in [0.25, 0.3) is 6.08 Å². The van der Waals surface area contributed by atoms with Gasteiger partial charge in [0.25, 0.3) is 0 Å². The van der Waals surface area contributed by atoms with Crippen molar-refractivity contribution in [3.05, 3.63) is 29.8 Å². The van der Waals surface area contributed by atoms with Gasteiger partial charge in [0, 0.05) is 12.1 Å². The van der Waals surface area contributed by atoms with Gasteiger partial charge in [-0.05, 0) is 56.4 Å². The Morgan fingerprint density at radius 1 is 1.43 bits per heavy atom. The molecule has 1 aliphatic rings. The molecular formula is C17H23NO3. The molecule has 1 amide bonds. The fraction of sp³-hybridized carbons (Fsp3) is 0.471. The Morgan fingerprint density at radius 2 is 2.19 bits per heavy atom. The van der Waals surface area contributed by atoms with Crippen LogP contribution >= 0.6 is 0 Å². The Morgan fingerprint density at radius 3 is 2.81 bits per heavy atom. The van der Waals surface area contributed by atoms with E-state index in [1.807, 2.05) is 25.1 Å². The standard InChI is InChI=1S/C17H23NO3/c1-4-21-16-11-13(5-9-15(16)20-3)6-10-17(19)18-12(2)14-7-8-14/h5-6,9-12,14H,4,7-8H2,1-3H3,(H,18,19)/b10-6+. The van der Waals surface area contributed by atoms with E-state index in [1.54, 1.807) is 19.3 Å². The molecule has 1 aliphatic carbocycles. The number of benzene rings is 1. The summed E-state index contributed by atoms with van der Waals surface area (Å²) in [5.74, 6) is 1.99. The zero-order valence-electron chi connectivity index (χ0n) is 12.9. The second-order valence-corrected chi connectivity index (χ2v) is 5.31. The zero-order chi connectivity index (χ0) is 15.2. The molecule has 21 heavy (non-hydrogen) atoms. The summed E-state index contributed by atoms with van der Waals surface area (Å²) in [6.07, 6.45) is 5.80. The zero-order valence-corrected chi connectivity index (χ0v) is 12.9. The van der Waals surface area contributed by atoms with Crippen LogP contribution in [0.5, 0.6) is 11.5 Å². The lowest BCUT2D eigenvalue weighted by atomic mass is 10.1. The van der Waals surface area contributed by atoms with E-state index in [4.69, 9.17) is 9.47 Å². The maximum absolute atomic E-state index is 11.8. The average molecular weight is 289 g/mol. The Hall–Kier alpha value is -1.97. The van der Waals surface area contributed by atoms with Crippen LogP contribution in [0.2, 0.25) is 0 Å². The molecule has 114 valence electrons. The second-order valence-electron chi connectivity index (χ2n) is 5.31. The Labute approximate surface area is 126 Å². The first-order valence-corrected chi connectivity index (χ1v) is 7.43. The molecule has 0 aliphatic heterocycles. The minimum absolute atomic E-state index is 0.0526. The molecule has 1 saturated carbocycles. The van der Waals surface area contributed by atoms with Gasteiger partial charge in [-0.2, -0.15) is 0 Å². The van der Waals surface area contributed by atoms with Crippen molar-refractivity contribution >= 4 is 12.0 Å². The predicted octanol–water partition coefficient (Wildman–Crippen LogP) is 3.02. The van der Waals surface area contributed by atoms with E-state index < -0.39 is 0 Å².